The normalized spacial score (nSPS) is 17.1. The van der Waals surface area contributed by atoms with E-state index in [-0.39, 0.29) is 6.54 Å². The topological polar surface area (TPSA) is 98.2 Å². The second-order valence-corrected chi connectivity index (χ2v) is 4.14. The molecule has 18 heavy (non-hydrogen) atoms. The molecule has 8 nitrogen and oxygen atoms in total. The van der Waals surface area contributed by atoms with Gasteiger partial charge in [0.05, 0.1) is 0 Å². The highest BCUT2D eigenvalue weighted by Crippen LogP contribution is 2.08. The van der Waals surface area contributed by atoms with Crippen LogP contribution in [0.3, 0.4) is 0 Å². The van der Waals surface area contributed by atoms with E-state index in [2.05, 4.69) is 0 Å². The van der Waals surface area contributed by atoms with Crippen LogP contribution in [0.5, 0.6) is 0 Å². The number of amides is 4. The van der Waals surface area contributed by atoms with Crippen LogP contribution < -0.4 is 0 Å². The maximum absolute atomic E-state index is 11.7. The molecule has 0 bridgehead atoms. The molecule has 1 heterocycles. The van der Waals surface area contributed by atoms with Crippen LogP contribution >= 0.6 is 0 Å². The Morgan fingerprint density at radius 1 is 1.44 bits per heavy atom. The zero-order chi connectivity index (χ0) is 14.0. The molecule has 4 amide bonds. The first-order valence-corrected chi connectivity index (χ1v) is 5.29. The molecule has 0 spiro atoms. The predicted octanol–water partition coefficient (Wildman–Crippen LogP) is -1.19. The van der Waals surface area contributed by atoms with Gasteiger partial charge in [0, 0.05) is 14.1 Å². The third-order valence-corrected chi connectivity index (χ3v) is 2.86. The third-order valence-electron chi connectivity index (χ3n) is 2.86. The largest absolute Gasteiger partial charge is 0.480 e. The fourth-order valence-electron chi connectivity index (χ4n) is 1.45. The van der Waals surface area contributed by atoms with Gasteiger partial charge < -0.3 is 14.9 Å². The molecule has 100 valence electrons. The third kappa shape index (κ3) is 2.58. The number of aliphatic carboxylic acids is 1. The molecule has 0 saturated carbocycles. The molecule has 8 heteroatoms. The number of rotatable bonds is 4. The number of hydrogen-bond donors (Lipinski definition) is 1. The van der Waals surface area contributed by atoms with Crippen molar-refractivity contribution in [1.29, 1.82) is 0 Å². The number of carboxylic acids is 1. The number of carbonyl (C=O) groups excluding carboxylic acids is 3. The summed E-state index contributed by atoms with van der Waals surface area (Å²) in [5.41, 5.74) is 0. The number of nitrogens with zero attached hydrogens (tertiary/aromatic N) is 3. The fraction of sp³-hybridized carbons (Fsp3) is 0.600. The minimum absolute atomic E-state index is 0.0652. The summed E-state index contributed by atoms with van der Waals surface area (Å²) in [6, 6.07) is -1.56. The molecule has 0 aromatic carbocycles. The summed E-state index contributed by atoms with van der Waals surface area (Å²) in [6.45, 7) is 0.848. The van der Waals surface area contributed by atoms with Gasteiger partial charge >= 0.3 is 12.0 Å². The summed E-state index contributed by atoms with van der Waals surface area (Å²) in [7, 11) is 2.77. The van der Waals surface area contributed by atoms with E-state index in [1.54, 1.807) is 0 Å². The zero-order valence-corrected chi connectivity index (χ0v) is 10.4. The van der Waals surface area contributed by atoms with Crippen molar-refractivity contribution in [2.75, 3.05) is 27.2 Å². The van der Waals surface area contributed by atoms with Gasteiger partial charge in [0.2, 0.25) is 5.91 Å². The Kier molecular flexibility index (Phi) is 3.89. The van der Waals surface area contributed by atoms with Crippen LogP contribution in [0.15, 0.2) is 0 Å². The van der Waals surface area contributed by atoms with Gasteiger partial charge in [-0.25, -0.2) is 9.59 Å². The van der Waals surface area contributed by atoms with Gasteiger partial charge in [0.25, 0.3) is 5.91 Å². The Bertz CT molecular complexity index is 408. The Morgan fingerprint density at radius 3 is 2.39 bits per heavy atom. The number of likely N-dealkylation sites (N-methyl/N-ethyl adjacent to an activating group) is 2. The van der Waals surface area contributed by atoms with E-state index in [4.69, 9.17) is 5.11 Å². The van der Waals surface area contributed by atoms with Gasteiger partial charge in [-0.05, 0) is 6.92 Å². The van der Waals surface area contributed by atoms with E-state index in [9.17, 15) is 19.2 Å². The van der Waals surface area contributed by atoms with E-state index in [0.29, 0.717) is 0 Å². The summed E-state index contributed by atoms with van der Waals surface area (Å²) in [5, 5.41) is 8.76. The highest BCUT2D eigenvalue weighted by atomic mass is 16.4. The number of carboxylic acid groups (broad SMARTS) is 1. The predicted molar refractivity (Wildman–Crippen MR) is 59.6 cm³/mol. The fourth-order valence-corrected chi connectivity index (χ4v) is 1.45. The van der Waals surface area contributed by atoms with E-state index in [0.717, 1.165) is 9.80 Å². The van der Waals surface area contributed by atoms with Crippen molar-refractivity contribution < 1.29 is 24.3 Å². The molecule has 1 aliphatic rings. The van der Waals surface area contributed by atoms with Crippen molar-refractivity contribution in [1.82, 2.24) is 14.7 Å². The van der Waals surface area contributed by atoms with Crippen LogP contribution in [0, 0.1) is 0 Å². The molecule has 0 radical (unpaired) electrons. The van der Waals surface area contributed by atoms with Crippen LogP contribution in [0.4, 0.5) is 4.79 Å². The van der Waals surface area contributed by atoms with Gasteiger partial charge in [0.15, 0.2) is 0 Å². The lowest BCUT2D eigenvalue weighted by Crippen LogP contribution is -2.47. The molecule has 1 rings (SSSR count). The molecule has 0 aliphatic carbocycles. The lowest BCUT2D eigenvalue weighted by Gasteiger charge is -2.23. The standard InChI is InChI=1S/C10H15N3O5/c1-6(9(16)17)12(3)7(14)5-13-8(15)4-11(2)10(13)18/h6H,4-5H2,1-3H3,(H,16,17)/t6-/m0/s1. The first-order valence-electron chi connectivity index (χ1n) is 5.29. The van der Waals surface area contributed by atoms with Crippen molar-refractivity contribution in [2.24, 2.45) is 0 Å². The van der Waals surface area contributed by atoms with Crippen molar-refractivity contribution in [3.8, 4) is 0 Å². The number of imide groups is 1. The van der Waals surface area contributed by atoms with Gasteiger partial charge in [-0.3, -0.25) is 14.5 Å². The van der Waals surface area contributed by atoms with Gasteiger partial charge in [-0.1, -0.05) is 0 Å². The molecule has 1 aliphatic heterocycles. The summed E-state index contributed by atoms with van der Waals surface area (Å²) < 4.78 is 0. The van der Waals surface area contributed by atoms with Crippen LogP contribution in [-0.4, -0.2) is 76.8 Å². The first-order chi connectivity index (χ1) is 8.25. The van der Waals surface area contributed by atoms with Crippen LogP contribution in [0.2, 0.25) is 0 Å². The van der Waals surface area contributed by atoms with Crippen molar-refractivity contribution >= 4 is 23.8 Å². The van der Waals surface area contributed by atoms with Crippen LogP contribution in [-0.2, 0) is 14.4 Å². The van der Waals surface area contributed by atoms with Gasteiger partial charge in [0.1, 0.15) is 19.1 Å². The molecule has 1 fully saturated rings. The molecule has 1 saturated heterocycles. The van der Waals surface area contributed by atoms with Crippen molar-refractivity contribution in [2.45, 2.75) is 13.0 Å². The second-order valence-electron chi connectivity index (χ2n) is 4.14. The number of hydrogen-bond acceptors (Lipinski definition) is 4. The monoisotopic (exact) mass is 257 g/mol. The Hall–Kier alpha value is -2.12. The molecule has 0 aromatic heterocycles. The summed E-state index contributed by atoms with van der Waals surface area (Å²) >= 11 is 0. The first kappa shape index (κ1) is 13.9. The van der Waals surface area contributed by atoms with E-state index >= 15 is 0 Å². The van der Waals surface area contributed by atoms with Crippen LogP contribution in [0.1, 0.15) is 6.92 Å². The quantitative estimate of drug-likeness (QED) is 0.639. The minimum Gasteiger partial charge on any atom is -0.480 e. The highest BCUT2D eigenvalue weighted by Gasteiger charge is 2.36. The minimum atomic E-state index is -1.15. The maximum atomic E-state index is 11.7. The molecule has 1 atom stereocenters. The number of carbonyl (C=O) groups is 4. The number of urea groups is 1. The van der Waals surface area contributed by atoms with Crippen LogP contribution in [0.25, 0.3) is 0 Å². The Morgan fingerprint density at radius 2 is 2.00 bits per heavy atom. The molecule has 1 N–H and O–H groups in total. The SMILES string of the molecule is C[C@@H](C(=O)O)N(C)C(=O)CN1C(=O)CN(C)C1=O. The van der Waals surface area contributed by atoms with E-state index < -0.39 is 36.4 Å². The van der Waals surface area contributed by atoms with Gasteiger partial charge in [-0.15, -0.1) is 0 Å². The maximum Gasteiger partial charge on any atom is 0.327 e. The average molecular weight is 257 g/mol. The molecular weight excluding hydrogens is 242 g/mol. The zero-order valence-electron chi connectivity index (χ0n) is 10.4. The van der Waals surface area contributed by atoms with Crippen molar-refractivity contribution in [3.05, 3.63) is 0 Å². The molecule has 0 aromatic rings. The Labute approximate surface area is 104 Å². The highest BCUT2D eigenvalue weighted by molar-refractivity contribution is 6.04. The molecule has 0 unspecified atom stereocenters. The molecular formula is C10H15N3O5. The van der Waals surface area contributed by atoms with Crippen molar-refractivity contribution in [3.63, 3.8) is 0 Å². The lowest BCUT2D eigenvalue weighted by atomic mass is 10.3. The summed E-state index contributed by atoms with van der Waals surface area (Å²) in [6.07, 6.45) is 0. The lowest BCUT2D eigenvalue weighted by molar-refractivity contribution is -0.148. The van der Waals surface area contributed by atoms with E-state index in [1.807, 2.05) is 0 Å². The second kappa shape index (κ2) is 5.03. The Balaban J connectivity index is 2.68. The van der Waals surface area contributed by atoms with E-state index in [1.165, 1.54) is 25.9 Å². The average Bonchev–Trinajstić information content (AvgIpc) is 2.53. The summed E-state index contributed by atoms with van der Waals surface area (Å²) in [4.78, 5) is 48.4. The summed E-state index contributed by atoms with van der Waals surface area (Å²) in [5.74, 6) is -2.21. The smallest absolute Gasteiger partial charge is 0.327 e. The van der Waals surface area contributed by atoms with Gasteiger partial charge in [-0.2, -0.15) is 0 Å².